The number of benzene rings is 3. The third-order valence-corrected chi connectivity index (χ3v) is 6.12. The van der Waals surface area contributed by atoms with Crippen LogP contribution in [0.1, 0.15) is 33.5 Å². The van der Waals surface area contributed by atoms with Crippen molar-refractivity contribution in [1.82, 2.24) is 0 Å². The Kier molecular flexibility index (Phi) is 5.58. The van der Waals surface area contributed by atoms with Crippen LogP contribution in [0.5, 0.6) is 0 Å². The SMILES string of the molecule is Cc1ccccc1C(=O)CC1(O)C(=O)N(CCc2ccccc2)c2ccc(Br)cc21. The molecule has 1 unspecified atom stereocenters. The standard InChI is InChI=1S/C25H22BrNO3/c1-17-7-5-6-10-20(17)23(28)16-25(30)21-15-19(26)11-12-22(21)27(24(25)29)14-13-18-8-3-2-4-9-18/h2-12,15,30H,13-14,16H2,1H3. The lowest BCUT2D eigenvalue weighted by molar-refractivity contribution is -0.135. The van der Waals surface area contributed by atoms with Gasteiger partial charge in [-0.05, 0) is 42.7 Å². The minimum absolute atomic E-state index is 0.250. The Morgan fingerprint density at radius 3 is 2.47 bits per heavy atom. The lowest BCUT2D eigenvalue weighted by atomic mass is 9.87. The zero-order valence-electron chi connectivity index (χ0n) is 16.6. The highest BCUT2D eigenvalue weighted by Crippen LogP contribution is 2.44. The average Bonchev–Trinajstić information content (AvgIpc) is 2.94. The van der Waals surface area contributed by atoms with E-state index in [0.29, 0.717) is 29.8 Å². The quantitative estimate of drug-likeness (QED) is 0.533. The predicted molar refractivity (Wildman–Crippen MR) is 121 cm³/mol. The summed E-state index contributed by atoms with van der Waals surface area (Å²) in [6, 6.07) is 22.5. The smallest absolute Gasteiger partial charge is 0.264 e. The molecule has 0 saturated heterocycles. The van der Waals surface area contributed by atoms with Crippen LogP contribution in [0.4, 0.5) is 5.69 Å². The van der Waals surface area contributed by atoms with Crippen molar-refractivity contribution in [3.8, 4) is 0 Å². The lowest BCUT2D eigenvalue weighted by Crippen LogP contribution is -2.42. The van der Waals surface area contributed by atoms with Gasteiger partial charge in [0.05, 0.1) is 12.1 Å². The number of carbonyl (C=O) groups is 2. The molecule has 4 rings (SSSR count). The number of amides is 1. The minimum atomic E-state index is -1.88. The number of anilines is 1. The summed E-state index contributed by atoms with van der Waals surface area (Å²) in [7, 11) is 0. The summed E-state index contributed by atoms with van der Waals surface area (Å²) in [5.74, 6) is -0.701. The van der Waals surface area contributed by atoms with E-state index in [-0.39, 0.29) is 12.2 Å². The van der Waals surface area contributed by atoms with E-state index in [1.807, 2.05) is 61.5 Å². The van der Waals surface area contributed by atoms with E-state index >= 15 is 0 Å². The molecular formula is C25H22BrNO3. The molecule has 0 spiro atoms. The summed E-state index contributed by atoms with van der Waals surface area (Å²) >= 11 is 3.43. The van der Waals surface area contributed by atoms with Crippen LogP contribution in [0.2, 0.25) is 0 Å². The van der Waals surface area contributed by atoms with Gasteiger partial charge in [-0.15, -0.1) is 0 Å². The predicted octanol–water partition coefficient (Wildman–Crippen LogP) is 4.81. The third-order valence-electron chi connectivity index (χ3n) is 5.62. The Morgan fingerprint density at radius 2 is 1.73 bits per heavy atom. The van der Waals surface area contributed by atoms with Gasteiger partial charge >= 0.3 is 0 Å². The van der Waals surface area contributed by atoms with E-state index in [0.717, 1.165) is 15.6 Å². The van der Waals surface area contributed by atoms with E-state index in [9.17, 15) is 14.7 Å². The molecule has 1 aliphatic rings. The third kappa shape index (κ3) is 3.71. The van der Waals surface area contributed by atoms with Crippen LogP contribution in [-0.4, -0.2) is 23.3 Å². The van der Waals surface area contributed by atoms with Crippen LogP contribution >= 0.6 is 15.9 Å². The van der Waals surface area contributed by atoms with Crippen LogP contribution < -0.4 is 4.90 Å². The maximum atomic E-state index is 13.4. The topological polar surface area (TPSA) is 57.6 Å². The van der Waals surface area contributed by atoms with Gasteiger partial charge < -0.3 is 10.0 Å². The first-order valence-corrected chi connectivity index (χ1v) is 10.7. The van der Waals surface area contributed by atoms with Crippen molar-refractivity contribution in [2.75, 3.05) is 11.4 Å². The maximum absolute atomic E-state index is 13.4. The average molecular weight is 464 g/mol. The summed E-state index contributed by atoms with van der Waals surface area (Å²) in [6.07, 6.45) is 0.367. The number of hydrogen-bond donors (Lipinski definition) is 1. The molecule has 0 aromatic heterocycles. The van der Waals surface area contributed by atoms with Crippen molar-refractivity contribution >= 4 is 33.3 Å². The van der Waals surface area contributed by atoms with Crippen molar-refractivity contribution in [2.45, 2.75) is 25.4 Å². The molecule has 1 N–H and O–H groups in total. The lowest BCUT2D eigenvalue weighted by Gasteiger charge is -2.23. The Bertz CT molecular complexity index is 1110. The highest BCUT2D eigenvalue weighted by atomic mass is 79.9. The molecule has 0 fully saturated rings. The number of aryl methyl sites for hydroxylation is 1. The first kappa shape index (κ1) is 20.5. The highest BCUT2D eigenvalue weighted by Gasteiger charge is 2.50. The molecule has 3 aromatic rings. The fraction of sp³-hybridized carbons (Fsp3) is 0.200. The number of halogens is 1. The number of aliphatic hydroxyl groups is 1. The summed E-state index contributed by atoms with van der Waals surface area (Å²) < 4.78 is 0.751. The molecule has 0 bridgehead atoms. The van der Waals surface area contributed by atoms with E-state index in [2.05, 4.69) is 15.9 Å². The second-order valence-corrected chi connectivity index (χ2v) is 8.54. The number of nitrogens with zero attached hydrogens (tertiary/aromatic N) is 1. The molecule has 5 heteroatoms. The van der Waals surface area contributed by atoms with Crippen LogP contribution in [0.25, 0.3) is 0 Å². The van der Waals surface area contributed by atoms with Gasteiger partial charge in [-0.25, -0.2) is 0 Å². The molecule has 1 aliphatic heterocycles. The number of ketones is 1. The number of rotatable bonds is 6. The Labute approximate surface area is 184 Å². The molecule has 30 heavy (non-hydrogen) atoms. The first-order chi connectivity index (χ1) is 14.4. The van der Waals surface area contributed by atoms with Gasteiger partial charge in [-0.1, -0.05) is 70.5 Å². The van der Waals surface area contributed by atoms with Gasteiger partial charge in [-0.2, -0.15) is 0 Å². The number of fused-ring (bicyclic) bond motifs is 1. The Balaban J connectivity index is 1.66. The van der Waals surface area contributed by atoms with E-state index in [1.54, 1.807) is 23.1 Å². The van der Waals surface area contributed by atoms with Crippen LogP contribution in [0.3, 0.4) is 0 Å². The van der Waals surface area contributed by atoms with Crippen LogP contribution in [-0.2, 0) is 16.8 Å². The van der Waals surface area contributed by atoms with Crippen LogP contribution in [0.15, 0.2) is 77.3 Å². The van der Waals surface area contributed by atoms with Crippen molar-refractivity contribution < 1.29 is 14.7 Å². The fourth-order valence-corrected chi connectivity index (χ4v) is 4.38. The Morgan fingerprint density at radius 1 is 1.03 bits per heavy atom. The van der Waals surface area contributed by atoms with Gasteiger partial charge in [0.25, 0.3) is 5.91 Å². The number of hydrogen-bond acceptors (Lipinski definition) is 3. The van der Waals surface area contributed by atoms with Gasteiger partial charge in [0.1, 0.15) is 0 Å². The van der Waals surface area contributed by atoms with Gasteiger partial charge in [0.2, 0.25) is 0 Å². The molecule has 3 aromatic carbocycles. The molecule has 0 saturated carbocycles. The molecule has 1 amide bonds. The fourth-order valence-electron chi connectivity index (χ4n) is 4.01. The molecule has 1 heterocycles. The molecule has 0 aliphatic carbocycles. The number of Topliss-reactive ketones (excluding diaryl/α,β-unsaturated/α-hetero) is 1. The Hall–Kier alpha value is -2.76. The summed E-state index contributed by atoms with van der Waals surface area (Å²) in [5, 5.41) is 11.5. The van der Waals surface area contributed by atoms with E-state index < -0.39 is 11.5 Å². The summed E-state index contributed by atoms with van der Waals surface area (Å²) in [6.45, 7) is 2.28. The normalized spacial score (nSPS) is 17.8. The largest absolute Gasteiger partial charge is 0.375 e. The zero-order valence-corrected chi connectivity index (χ0v) is 18.2. The molecular weight excluding hydrogens is 442 g/mol. The van der Waals surface area contributed by atoms with E-state index in [4.69, 9.17) is 0 Å². The van der Waals surface area contributed by atoms with Gasteiger partial charge in [0.15, 0.2) is 11.4 Å². The molecule has 1 atom stereocenters. The van der Waals surface area contributed by atoms with Crippen LogP contribution in [0, 0.1) is 6.92 Å². The monoisotopic (exact) mass is 463 g/mol. The first-order valence-electron chi connectivity index (χ1n) is 9.87. The minimum Gasteiger partial charge on any atom is -0.375 e. The maximum Gasteiger partial charge on any atom is 0.264 e. The zero-order chi connectivity index (χ0) is 21.3. The van der Waals surface area contributed by atoms with E-state index in [1.165, 1.54) is 0 Å². The van der Waals surface area contributed by atoms with Crippen molar-refractivity contribution in [1.29, 1.82) is 0 Å². The van der Waals surface area contributed by atoms with Crippen molar-refractivity contribution in [2.24, 2.45) is 0 Å². The van der Waals surface area contributed by atoms with Gasteiger partial charge in [0, 0.05) is 22.1 Å². The van der Waals surface area contributed by atoms with Crippen molar-refractivity contribution in [3.05, 3.63) is 99.5 Å². The number of carbonyl (C=O) groups excluding carboxylic acids is 2. The van der Waals surface area contributed by atoms with Crippen molar-refractivity contribution in [3.63, 3.8) is 0 Å². The second kappa shape index (κ2) is 8.17. The summed E-state index contributed by atoms with van der Waals surface area (Å²) in [5.41, 5.74) is 1.70. The molecule has 4 nitrogen and oxygen atoms in total. The molecule has 152 valence electrons. The highest BCUT2D eigenvalue weighted by molar-refractivity contribution is 9.10. The summed E-state index contributed by atoms with van der Waals surface area (Å²) in [4.78, 5) is 28.0. The second-order valence-electron chi connectivity index (χ2n) is 7.63. The molecule has 0 radical (unpaired) electrons. The van der Waals surface area contributed by atoms with Gasteiger partial charge in [-0.3, -0.25) is 9.59 Å².